The van der Waals surface area contributed by atoms with Crippen LogP contribution in [0.3, 0.4) is 0 Å². The first kappa shape index (κ1) is 21.5. The number of hydrazone groups is 1. The molecule has 0 atom stereocenters. The molecule has 8 heteroatoms. The minimum absolute atomic E-state index is 0.292. The van der Waals surface area contributed by atoms with Crippen molar-refractivity contribution >= 4 is 45.6 Å². The van der Waals surface area contributed by atoms with Crippen LogP contribution >= 0.6 is 27.5 Å². The Morgan fingerprint density at radius 2 is 1.67 bits per heavy atom. The van der Waals surface area contributed by atoms with Crippen molar-refractivity contribution in [2.75, 3.05) is 7.11 Å². The summed E-state index contributed by atoms with van der Waals surface area (Å²) >= 11 is 9.22. The Bertz CT molecular complexity index is 1080. The van der Waals surface area contributed by atoms with Crippen molar-refractivity contribution in [3.05, 3.63) is 92.9 Å². The Labute approximate surface area is 186 Å². The average Bonchev–Trinajstić information content (AvgIpc) is 2.76. The molecule has 0 unspecified atom stereocenters. The van der Waals surface area contributed by atoms with E-state index in [4.69, 9.17) is 21.1 Å². The maximum Gasteiger partial charge on any atom is 0.343 e. The number of ether oxygens (including phenoxy) is 2. The van der Waals surface area contributed by atoms with Crippen molar-refractivity contribution in [2.24, 2.45) is 5.10 Å². The summed E-state index contributed by atoms with van der Waals surface area (Å²) in [6.07, 6.45) is 1.40. The first-order chi connectivity index (χ1) is 14.5. The fourth-order valence-corrected chi connectivity index (χ4v) is 2.93. The summed E-state index contributed by atoms with van der Waals surface area (Å²) in [6, 6.07) is 18.1. The van der Waals surface area contributed by atoms with Crippen LogP contribution in [-0.4, -0.2) is 25.2 Å². The van der Waals surface area contributed by atoms with Crippen LogP contribution in [0.4, 0.5) is 0 Å². The minimum Gasteiger partial charge on any atom is -0.497 e. The second-order valence-corrected chi connectivity index (χ2v) is 7.36. The number of benzene rings is 3. The summed E-state index contributed by atoms with van der Waals surface area (Å²) < 4.78 is 11.3. The number of amides is 1. The third kappa shape index (κ3) is 5.68. The molecule has 0 fully saturated rings. The van der Waals surface area contributed by atoms with Crippen LogP contribution in [0.15, 0.2) is 76.3 Å². The highest BCUT2D eigenvalue weighted by Gasteiger charge is 2.12. The first-order valence-corrected chi connectivity index (χ1v) is 9.88. The number of methoxy groups -OCH3 is 1. The summed E-state index contributed by atoms with van der Waals surface area (Å²) in [7, 11) is 1.55. The van der Waals surface area contributed by atoms with E-state index in [1.807, 2.05) is 0 Å². The van der Waals surface area contributed by atoms with E-state index in [2.05, 4.69) is 26.5 Å². The lowest BCUT2D eigenvalue weighted by atomic mass is 10.2. The van der Waals surface area contributed by atoms with Crippen LogP contribution in [0.1, 0.15) is 26.3 Å². The molecule has 0 saturated carbocycles. The number of carbonyl (C=O) groups is 2. The van der Waals surface area contributed by atoms with Gasteiger partial charge in [0.2, 0.25) is 0 Å². The van der Waals surface area contributed by atoms with Gasteiger partial charge in [0.05, 0.1) is 18.9 Å². The molecule has 0 aliphatic rings. The summed E-state index contributed by atoms with van der Waals surface area (Å²) in [6.45, 7) is 0. The molecule has 30 heavy (non-hydrogen) atoms. The maximum absolute atomic E-state index is 12.4. The molecule has 3 aromatic carbocycles. The highest BCUT2D eigenvalue weighted by molar-refractivity contribution is 9.10. The van der Waals surface area contributed by atoms with E-state index < -0.39 is 5.97 Å². The molecule has 152 valence electrons. The number of nitrogens with one attached hydrogen (secondary N) is 1. The number of nitrogens with zero attached hydrogens (tertiary/aromatic N) is 1. The van der Waals surface area contributed by atoms with Crippen LogP contribution in [0.2, 0.25) is 5.02 Å². The van der Waals surface area contributed by atoms with Crippen molar-refractivity contribution in [3.8, 4) is 11.5 Å². The molecule has 3 rings (SSSR count). The summed E-state index contributed by atoms with van der Waals surface area (Å²) in [5, 5.41) is 4.49. The zero-order chi connectivity index (χ0) is 21.5. The molecule has 1 amide bonds. The van der Waals surface area contributed by atoms with Gasteiger partial charge >= 0.3 is 5.97 Å². The Morgan fingerprint density at radius 1 is 1.00 bits per heavy atom. The van der Waals surface area contributed by atoms with Crippen molar-refractivity contribution in [2.45, 2.75) is 0 Å². The summed E-state index contributed by atoms with van der Waals surface area (Å²) in [5.74, 6) is 0.0199. The molecular formula is C22H16BrClN2O4. The van der Waals surface area contributed by atoms with Gasteiger partial charge in [0.15, 0.2) is 0 Å². The largest absolute Gasteiger partial charge is 0.497 e. The van der Waals surface area contributed by atoms with Crippen LogP contribution in [0, 0.1) is 0 Å². The van der Waals surface area contributed by atoms with Crippen molar-refractivity contribution in [3.63, 3.8) is 0 Å². The Kier molecular flexibility index (Phi) is 7.21. The van der Waals surface area contributed by atoms with Gasteiger partial charge < -0.3 is 9.47 Å². The third-order valence-corrected chi connectivity index (χ3v) is 4.72. The van der Waals surface area contributed by atoms with Crippen LogP contribution in [0.5, 0.6) is 11.5 Å². The number of hydrogen-bond acceptors (Lipinski definition) is 5. The van der Waals surface area contributed by atoms with Gasteiger partial charge in [-0.25, -0.2) is 10.2 Å². The van der Waals surface area contributed by atoms with Gasteiger partial charge in [0.25, 0.3) is 5.91 Å². The smallest absolute Gasteiger partial charge is 0.343 e. The normalized spacial score (nSPS) is 10.6. The second kappa shape index (κ2) is 10.0. The van der Waals surface area contributed by atoms with E-state index in [-0.39, 0.29) is 5.91 Å². The SMILES string of the molecule is COc1ccc(C(=O)N/N=C/c2cc(Br)ccc2OC(=O)c2ccc(Cl)cc2)cc1. The highest BCUT2D eigenvalue weighted by Crippen LogP contribution is 2.23. The quantitative estimate of drug-likeness (QED) is 0.227. The number of halogens is 2. The predicted octanol–water partition coefficient (Wildman–Crippen LogP) is 5.09. The van der Waals surface area contributed by atoms with Crippen molar-refractivity contribution in [1.29, 1.82) is 0 Å². The molecule has 0 aliphatic carbocycles. The monoisotopic (exact) mass is 486 g/mol. The Hall–Kier alpha value is -3.16. The molecule has 6 nitrogen and oxygen atoms in total. The van der Waals surface area contributed by atoms with E-state index in [9.17, 15) is 9.59 Å². The number of carbonyl (C=O) groups excluding carboxylic acids is 2. The topological polar surface area (TPSA) is 77.0 Å². The molecule has 0 spiro atoms. The zero-order valence-electron chi connectivity index (χ0n) is 15.8. The van der Waals surface area contributed by atoms with E-state index >= 15 is 0 Å². The fourth-order valence-electron chi connectivity index (χ4n) is 2.43. The molecule has 0 aromatic heterocycles. The first-order valence-electron chi connectivity index (χ1n) is 8.71. The molecule has 0 saturated heterocycles. The number of hydrogen-bond donors (Lipinski definition) is 1. The molecule has 0 heterocycles. The molecule has 3 aromatic rings. The lowest BCUT2D eigenvalue weighted by molar-refractivity contribution is 0.0734. The minimum atomic E-state index is -0.536. The van der Waals surface area contributed by atoms with Gasteiger partial charge in [0, 0.05) is 20.6 Å². The van der Waals surface area contributed by atoms with E-state index in [1.165, 1.54) is 6.21 Å². The zero-order valence-corrected chi connectivity index (χ0v) is 18.1. The average molecular weight is 488 g/mol. The second-order valence-electron chi connectivity index (χ2n) is 6.01. The molecular weight excluding hydrogens is 472 g/mol. The van der Waals surface area contributed by atoms with Crippen LogP contribution in [0.25, 0.3) is 0 Å². The fraction of sp³-hybridized carbons (Fsp3) is 0.0455. The van der Waals surface area contributed by atoms with Gasteiger partial charge in [-0.15, -0.1) is 0 Å². The lowest BCUT2D eigenvalue weighted by Gasteiger charge is -2.08. The standard InChI is InChI=1S/C22H16BrClN2O4/c1-29-19-9-4-14(5-10-19)21(27)26-25-13-16-12-17(23)6-11-20(16)30-22(28)15-2-7-18(24)8-3-15/h2-13H,1H3,(H,26,27)/b25-13+. The van der Waals surface area contributed by atoms with Crippen molar-refractivity contribution < 1.29 is 19.1 Å². The van der Waals surface area contributed by atoms with Crippen LogP contribution in [-0.2, 0) is 0 Å². The van der Waals surface area contributed by atoms with Gasteiger partial charge in [-0.2, -0.15) is 5.10 Å². The van der Waals surface area contributed by atoms with Gasteiger partial charge in [0.1, 0.15) is 11.5 Å². The molecule has 0 aliphatic heterocycles. The molecule has 1 N–H and O–H groups in total. The van der Waals surface area contributed by atoms with Crippen molar-refractivity contribution in [1.82, 2.24) is 5.43 Å². The highest BCUT2D eigenvalue weighted by atomic mass is 79.9. The number of esters is 1. The molecule has 0 radical (unpaired) electrons. The summed E-state index contributed by atoms with van der Waals surface area (Å²) in [4.78, 5) is 24.6. The summed E-state index contributed by atoms with van der Waals surface area (Å²) in [5.41, 5.74) is 3.73. The van der Waals surface area contributed by atoms with Gasteiger partial charge in [-0.3, -0.25) is 4.79 Å². The van der Waals surface area contributed by atoms with Crippen LogP contribution < -0.4 is 14.9 Å². The lowest BCUT2D eigenvalue weighted by Crippen LogP contribution is -2.17. The van der Waals surface area contributed by atoms with E-state index in [1.54, 1.807) is 73.8 Å². The van der Waals surface area contributed by atoms with Gasteiger partial charge in [-0.05, 0) is 66.7 Å². The van der Waals surface area contributed by atoms with E-state index in [0.717, 1.165) is 4.47 Å². The number of rotatable bonds is 6. The third-order valence-electron chi connectivity index (χ3n) is 3.98. The Balaban J connectivity index is 1.71. The predicted molar refractivity (Wildman–Crippen MR) is 119 cm³/mol. The maximum atomic E-state index is 12.4. The van der Waals surface area contributed by atoms with Gasteiger partial charge in [-0.1, -0.05) is 27.5 Å². The van der Waals surface area contributed by atoms with E-state index in [0.29, 0.717) is 33.2 Å². The molecule has 0 bridgehead atoms. The Morgan fingerprint density at radius 3 is 2.33 bits per heavy atom.